The molecule has 31 heavy (non-hydrogen) atoms. The van der Waals surface area contributed by atoms with E-state index in [2.05, 4.69) is 5.32 Å². The molecule has 0 atom stereocenters. The lowest BCUT2D eigenvalue weighted by molar-refractivity contribution is -0.384. The number of non-ortho nitro benzene ring substituents is 1. The standard InChI is InChI=1S/C19H21N3O8S/c1-28-17-6-4-14(31(26,27)21-7-9-30-10-8-21)12-15(17)19(23)20-16-11-13(22(24)25)3-5-18(16)29-2/h3-6,11-12H,7-10H2,1-2H3,(H,20,23). The maximum absolute atomic E-state index is 13.0. The van der Waals surface area contributed by atoms with E-state index in [1.807, 2.05) is 0 Å². The van der Waals surface area contributed by atoms with E-state index in [1.54, 1.807) is 0 Å². The smallest absolute Gasteiger partial charge is 0.271 e. The summed E-state index contributed by atoms with van der Waals surface area (Å²) in [5, 5.41) is 13.6. The number of anilines is 1. The van der Waals surface area contributed by atoms with Gasteiger partial charge in [0.2, 0.25) is 10.0 Å². The Kier molecular flexibility index (Phi) is 6.73. The Morgan fingerprint density at radius 1 is 1.10 bits per heavy atom. The highest BCUT2D eigenvalue weighted by Gasteiger charge is 2.28. The Hall–Kier alpha value is -3.22. The molecule has 166 valence electrons. The van der Waals surface area contributed by atoms with Crippen LogP contribution in [0, 0.1) is 10.1 Å². The minimum absolute atomic E-state index is 0.0506. The molecule has 1 aliphatic rings. The Labute approximate surface area is 178 Å². The summed E-state index contributed by atoms with van der Waals surface area (Å²) in [6, 6.07) is 7.69. The Morgan fingerprint density at radius 3 is 2.35 bits per heavy atom. The van der Waals surface area contributed by atoms with E-state index in [1.165, 1.54) is 48.9 Å². The Morgan fingerprint density at radius 2 is 1.74 bits per heavy atom. The minimum Gasteiger partial charge on any atom is -0.496 e. The van der Waals surface area contributed by atoms with Crippen molar-refractivity contribution in [2.24, 2.45) is 0 Å². The summed E-state index contributed by atoms with van der Waals surface area (Å²) in [6.45, 7) is 0.992. The van der Waals surface area contributed by atoms with Crippen molar-refractivity contribution >= 4 is 27.3 Å². The summed E-state index contributed by atoms with van der Waals surface area (Å²) in [4.78, 5) is 23.3. The highest BCUT2D eigenvalue weighted by molar-refractivity contribution is 7.89. The first kappa shape index (κ1) is 22.5. The Bertz CT molecular complexity index is 1100. The van der Waals surface area contributed by atoms with Crippen LogP contribution in [0.4, 0.5) is 11.4 Å². The van der Waals surface area contributed by atoms with Crippen LogP contribution in [0.25, 0.3) is 0 Å². The van der Waals surface area contributed by atoms with Crippen LogP contribution in [-0.4, -0.2) is 64.1 Å². The van der Waals surface area contributed by atoms with Gasteiger partial charge in [-0.1, -0.05) is 0 Å². The second-order valence-corrected chi connectivity index (χ2v) is 8.41. The number of carbonyl (C=O) groups excluding carboxylic acids is 1. The van der Waals surface area contributed by atoms with Crippen molar-refractivity contribution in [2.75, 3.05) is 45.8 Å². The number of hydrogen-bond donors (Lipinski definition) is 1. The molecule has 3 rings (SSSR count). The molecule has 0 unspecified atom stereocenters. The second-order valence-electron chi connectivity index (χ2n) is 6.47. The number of nitrogens with zero attached hydrogens (tertiary/aromatic N) is 2. The second kappa shape index (κ2) is 9.29. The molecule has 1 heterocycles. The van der Waals surface area contributed by atoms with Gasteiger partial charge >= 0.3 is 0 Å². The number of ether oxygens (including phenoxy) is 3. The highest BCUT2D eigenvalue weighted by Crippen LogP contribution is 2.31. The fraction of sp³-hybridized carbons (Fsp3) is 0.316. The number of nitro benzene ring substituents is 1. The van der Waals surface area contributed by atoms with Gasteiger partial charge < -0.3 is 19.5 Å². The molecule has 1 saturated heterocycles. The predicted molar refractivity (Wildman–Crippen MR) is 110 cm³/mol. The normalized spacial score (nSPS) is 14.6. The third-order valence-corrected chi connectivity index (χ3v) is 6.56. The largest absolute Gasteiger partial charge is 0.496 e. The van der Waals surface area contributed by atoms with E-state index in [0.717, 1.165) is 6.07 Å². The van der Waals surface area contributed by atoms with Gasteiger partial charge in [-0.3, -0.25) is 14.9 Å². The molecule has 1 aliphatic heterocycles. The van der Waals surface area contributed by atoms with Crippen LogP contribution in [-0.2, 0) is 14.8 Å². The first-order chi connectivity index (χ1) is 14.8. The van der Waals surface area contributed by atoms with Crippen LogP contribution in [0.15, 0.2) is 41.3 Å². The number of methoxy groups -OCH3 is 2. The fourth-order valence-electron chi connectivity index (χ4n) is 3.06. The first-order valence-electron chi connectivity index (χ1n) is 9.17. The number of carbonyl (C=O) groups is 1. The number of nitrogens with one attached hydrogen (secondary N) is 1. The Balaban J connectivity index is 1.96. The molecule has 1 fully saturated rings. The summed E-state index contributed by atoms with van der Waals surface area (Å²) in [5.41, 5.74) is -0.234. The van der Waals surface area contributed by atoms with Gasteiger partial charge in [0.05, 0.1) is 48.5 Å². The summed E-state index contributed by atoms with van der Waals surface area (Å²) in [5.74, 6) is -0.368. The number of nitro groups is 1. The van der Waals surface area contributed by atoms with Crippen LogP contribution in [0.2, 0.25) is 0 Å². The number of amides is 1. The van der Waals surface area contributed by atoms with Gasteiger partial charge in [0.15, 0.2) is 0 Å². The average Bonchev–Trinajstić information content (AvgIpc) is 2.79. The van der Waals surface area contributed by atoms with Crippen LogP contribution in [0.5, 0.6) is 11.5 Å². The zero-order valence-electron chi connectivity index (χ0n) is 16.9. The van der Waals surface area contributed by atoms with Crippen LogP contribution < -0.4 is 14.8 Å². The van der Waals surface area contributed by atoms with E-state index in [-0.39, 0.29) is 59.6 Å². The van der Waals surface area contributed by atoms with E-state index in [9.17, 15) is 23.3 Å². The van der Waals surface area contributed by atoms with Crippen molar-refractivity contribution < 1.29 is 32.3 Å². The molecule has 11 nitrogen and oxygen atoms in total. The molecular formula is C19H21N3O8S. The van der Waals surface area contributed by atoms with Crippen molar-refractivity contribution in [1.29, 1.82) is 0 Å². The summed E-state index contributed by atoms with van der Waals surface area (Å²) in [7, 11) is -1.15. The molecule has 2 aromatic carbocycles. The molecule has 1 amide bonds. The third kappa shape index (κ3) is 4.76. The molecule has 0 aromatic heterocycles. The zero-order valence-corrected chi connectivity index (χ0v) is 17.7. The number of hydrogen-bond acceptors (Lipinski definition) is 8. The number of sulfonamides is 1. The fourth-order valence-corrected chi connectivity index (χ4v) is 4.49. The molecule has 0 bridgehead atoms. The number of rotatable bonds is 7. The van der Waals surface area contributed by atoms with Gasteiger partial charge in [0.1, 0.15) is 11.5 Å². The van der Waals surface area contributed by atoms with Crippen molar-refractivity contribution in [3.05, 3.63) is 52.1 Å². The maximum atomic E-state index is 13.0. The minimum atomic E-state index is -3.84. The summed E-state index contributed by atoms with van der Waals surface area (Å²) >= 11 is 0. The lowest BCUT2D eigenvalue weighted by Gasteiger charge is -2.26. The average molecular weight is 451 g/mol. The van der Waals surface area contributed by atoms with E-state index >= 15 is 0 Å². The monoisotopic (exact) mass is 451 g/mol. The van der Waals surface area contributed by atoms with E-state index < -0.39 is 20.9 Å². The molecule has 0 aliphatic carbocycles. The van der Waals surface area contributed by atoms with Gasteiger partial charge in [0, 0.05) is 25.2 Å². The predicted octanol–water partition coefficient (Wildman–Crippen LogP) is 1.89. The van der Waals surface area contributed by atoms with Crippen LogP contribution in [0.3, 0.4) is 0 Å². The maximum Gasteiger partial charge on any atom is 0.271 e. The summed E-state index contributed by atoms with van der Waals surface area (Å²) < 4.78 is 42.7. The molecule has 2 aromatic rings. The molecule has 12 heteroatoms. The quantitative estimate of drug-likeness (QED) is 0.498. The van der Waals surface area contributed by atoms with Gasteiger partial charge in [-0.25, -0.2) is 8.42 Å². The lowest BCUT2D eigenvalue weighted by Crippen LogP contribution is -2.40. The number of benzene rings is 2. The van der Waals surface area contributed by atoms with Crippen molar-refractivity contribution in [3.8, 4) is 11.5 Å². The van der Waals surface area contributed by atoms with Gasteiger partial charge in [-0.2, -0.15) is 4.31 Å². The molecule has 1 N–H and O–H groups in total. The zero-order chi connectivity index (χ0) is 22.6. The summed E-state index contributed by atoms with van der Waals surface area (Å²) in [6.07, 6.45) is 0. The molecule has 0 spiro atoms. The van der Waals surface area contributed by atoms with Crippen LogP contribution >= 0.6 is 0 Å². The third-order valence-electron chi connectivity index (χ3n) is 4.67. The van der Waals surface area contributed by atoms with E-state index in [4.69, 9.17) is 14.2 Å². The van der Waals surface area contributed by atoms with E-state index in [0.29, 0.717) is 0 Å². The van der Waals surface area contributed by atoms with Crippen LogP contribution in [0.1, 0.15) is 10.4 Å². The van der Waals surface area contributed by atoms with Gasteiger partial charge in [-0.05, 0) is 24.3 Å². The highest BCUT2D eigenvalue weighted by atomic mass is 32.2. The van der Waals surface area contributed by atoms with Gasteiger partial charge in [-0.15, -0.1) is 0 Å². The topological polar surface area (TPSA) is 137 Å². The molecular weight excluding hydrogens is 430 g/mol. The van der Waals surface area contributed by atoms with Crippen molar-refractivity contribution in [3.63, 3.8) is 0 Å². The SMILES string of the molecule is COc1ccc([N+](=O)[O-])cc1NC(=O)c1cc(S(=O)(=O)N2CCOCC2)ccc1OC. The molecule has 0 radical (unpaired) electrons. The van der Waals surface area contributed by atoms with Crippen molar-refractivity contribution in [1.82, 2.24) is 4.31 Å². The number of morpholine rings is 1. The lowest BCUT2D eigenvalue weighted by atomic mass is 10.1. The van der Waals surface area contributed by atoms with Gasteiger partial charge in [0.25, 0.3) is 11.6 Å². The molecule has 0 saturated carbocycles. The van der Waals surface area contributed by atoms with Crippen molar-refractivity contribution in [2.45, 2.75) is 4.90 Å². The first-order valence-corrected chi connectivity index (χ1v) is 10.6.